The third kappa shape index (κ3) is 5.33. The van der Waals surface area contributed by atoms with Gasteiger partial charge in [-0.3, -0.25) is 9.59 Å². The summed E-state index contributed by atoms with van der Waals surface area (Å²) in [5.74, 6) is 1.12. The molecule has 0 fully saturated rings. The van der Waals surface area contributed by atoms with Gasteiger partial charge in [0.2, 0.25) is 11.0 Å². The first-order chi connectivity index (χ1) is 8.11. The van der Waals surface area contributed by atoms with Crippen LogP contribution in [-0.4, -0.2) is 32.9 Å². The number of anilines is 1. The Balaban J connectivity index is 2.43. The second-order valence-electron chi connectivity index (χ2n) is 2.81. The van der Waals surface area contributed by atoms with Crippen molar-refractivity contribution in [1.82, 2.24) is 10.2 Å². The number of nitrogens with one attached hydrogen (secondary N) is 1. The molecule has 17 heavy (non-hydrogen) atoms. The Morgan fingerprint density at radius 3 is 2.94 bits per heavy atom. The first-order valence-electron chi connectivity index (χ1n) is 4.53. The number of aromatic nitrogens is 2. The first-order valence-corrected chi connectivity index (χ1v) is 6.33. The molecule has 0 saturated carbocycles. The monoisotopic (exact) mass is 271 g/mol. The van der Waals surface area contributed by atoms with Gasteiger partial charge in [-0.1, -0.05) is 23.1 Å². The van der Waals surface area contributed by atoms with Crippen LogP contribution in [-0.2, 0) is 9.59 Å². The summed E-state index contributed by atoms with van der Waals surface area (Å²) in [6, 6.07) is 0. The lowest BCUT2D eigenvalue weighted by Gasteiger charge is -1.96. The van der Waals surface area contributed by atoms with Crippen molar-refractivity contribution in [2.45, 2.75) is 17.2 Å². The number of nitrogens with zero attached hydrogens (tertiary/aromatic N) is 2. The zero-order valence-corrected chi connectivity index (χ0v) is 10.3. The number of hydrogen-bond acceptors (Lipinski definition) is 6. The van der Waals surface area contributed by atoms with Gasteiger partial charge in [0.15, 0.2) is 4.34 Å². The predicted molar refractivity (Wildman–Crippen MR) is 65.0 cm³/mol. The van der Waals surface area contributed by atoms with Gasteiger partial charge in [-0.25, -0.2) is 0 Å². The van der Waals surface area contributed by atoms with Crippen LogP contribution in [0.25, 0.3) is 0 Å². The van der Waals surface area contributed by atoms with Crippen LogP contribution in [0.1, 0.15) is 12.8 Å². The molecule has 90 valence electrons. The number of carbonyl (C=O) groups excluding carboxylic acids is 1. The summed E-state index contributed by atoms with van der Waals surface area (Å²) < 4.78 is 0.500. The molecule has 1 aromatic rings. The number of hydrogen-bond donors (Lipinski definition) is 2. The SMILES string of the molecule is C#CCCC(=O)Nc1nnc(SCC(=O)O)s1. The molecule has 1 amide bonds. The van der Waals surface area contributed by atoms with Crippen molar-refractivity contribution in [1.29, 1.82) is 0 Å². The fraction of sp³-hybridized carbons (Fsp3) is 0.333. The van der Waals surface area contributed by atoms with Gasteiger partial charge in [-0.05, 0) is 0 Å². The van der Waals surface area contributed by atoms with Gasteiger partial charge in [0.05, 0.1) is 5.75 Å². The van der Waals surface area contributed by atoms with E-state index in [0.717, 1.165) is 23.1 Å². The average Bonchev–Trinajstić information content (AvgIpc) is 2.71. The Kier molecular flexibility index (Phi) is 5.45. The van der Waals surface area contributed by atoms with Crippen LogP contribution in [0.15, 0.2) is 4.34 Å². The van der Waals surface area contributed by atoms with Gasteiger partial charge < -0.3 is 10.4 Å². The molecular formula is C9H9N3O3S2. The quantitative estimate of drug-likeness (QED) is 0.457. The maximum absolute atomic E-state index is 11.3. The summed E-state index contributed by atoms with van der Waals surface area (Å²) >= 11 is 2.19. The van der Waals surface area contributed by atoms with Crippen molar-refractivity contribution in [3.8, 4) is 12.3 Å². The predicted octanol–water partition coefficient (Wildman–Crippen LogP) is 1.07. The van der Waals surface area contributed by atoms with Crippen molar-refractivity contribution in [3.63, 3.8) is 0 Å². The smallest absolute Gasteiger partial charge is 0.313 e. The third-order valence-corrected chi connectivity index (χ3v) is 3.43. The van der Waals surface area contributed by atoms with Crippen LogP contribution in [0.3, 0.4) is 0 Å². The number of carbonyl (C=O) groups is 2. The Hall–Kier alpha value is -1.59. The summed E-state index contributed by atoms with van der Waals surface area (Å²) in [5.41, 5.74) is 0. The highest BCUT2D eigenvalue weighted by molar-refractivity contribution is 8.01. The van der Waals surface area contributed by atoms with Gasteiger partial charge in [0.1, 0.15) is 0 Å². The summed E-state index contributed by atoms with van der Waals surface area (Å²) in [6.07, 6.45) is 5.62. The highest BCUT2D eigenvalue weighted by atomic mass is 32.2. The van der Waals surface area contributed by atoms with E-state index >= 15 is 0 Å². The Bertz CT molecular complexity index is 453. The van der Waals surface area contributed by atoms with E-state index in [-0.39, 0.29) is 18.1 Å². The van der Waals surface area contributed by atoms with Crippen LogP contribution in [0.2, 0.25) is 0 Å². The van der Waals surface area contributed by atoms with Gasteiger partial charge in [-0.15, -0.1) is 22.5 Å². The van der Waals surface area contributed by atoms with Crippen LogP contribution < -0.4 is 5.32 Å². The fourth-order valence-electron chi connectivity index (χ4n) is 0.810. The number of carboxylic acids is 1. The first kappa shape index (κ1) is 13.5. The molecule has 0 aliphatic heterocycles. The molecule has 0 spiro atoms. The molecule has 6 nitrogen and oxygen atoms in total. The lowest BCUT2D eigenvalue weighted by atomic mass is 10.3. The second kappa shape index (κ2) is 6.88. The molecule has 8 heteroatoms. The summed E-state index contributed by atoms with van der Waals surface area (Å²) in [6.45, 7) is 0. The molecule has 1 heterocycles. The Labute approximate surface area is 106 Å². The zero-order valence-electron chi connectivity index (χ0n) is 8.67. The lowest BCUT2D eigenvalue weighted by Crippen LogP contribution is -2.10. The number of thioether (sulfide) groups is 1. The summed E-state index contributed by atoms with van der Waals surface area (Å²) in [4.78, 5) is 21.6. The highest BCUT2D eigenvalue weighted by Gasteiger charge is 2.09. The van der Waals surface area contributed by atoms with E-state index in [9.17, 15) is 9.59 Å². The molecular weight excluding hydrogens is 262 g/mol. The summed E-state index contributed by atoms with van der Waals surface area (Å²) in [7, 11) is 0. The van der Waals surface area contributed by atoms with Crippen LogP contribution in [0, 0.1) is 12.3 Å². The standard InChI is InChI=1S/C9H9N3O3S2/c1-2-3-4-6(13)10-8-11-12-9(17-8)16-5-7(14)15/h1H,3-5H2,(H,14,15)(H,10,11,13). The molecule has 1 aromatic heterocycles. The average molecular weight is 271 g/mol. The van der Waals surface area contributed by atoms with E-state index in [1.54, 1.807) is 0 Å². The minimum Gasteiger partial charge on any atom is -0.481 e. The van der Waals surface area contributed by atoms with Gasteiger partial charge in [-0.2, -0.15) is 0 Å². The molecule has 0 unspecified atom stereocenters. The molecule has 1 rings (SSSR count). The molecule has 0 radical (unpaired) electrons. The molecule has 0 saturated heterocycles. The number of terminal acetylenes is 1. The normalized spacial score (nSPS) is 9.59. The molecule has 0 aromatic carbocycles. The molecule has 0 bridgehead atoms. The maximum Gasteiger partial charge on any atom is 0.313 e. The minimum absolute atomic E-state index is 0.0837. The topological polar surface area (TPSA) is 92.2 Å². The Morgan fingerprint density at radius 1 is 1.53 bits per heavy atom. The summed E-state index contributed by atoms with van der Waals surface area (Å²) in [5, 5.41) is 18.8. The second-order valence-corrected chi connectivity index (χ2v) is 5.01. The van der Waals surface area contributed by atoms with Crippen LogP contribution in [0.5, 0.6) is 0 Å². The molecule has 2 N–H and O–H groups in total. The maximum atomic E-state index is 11.3. The van der Waals surface area contributed by atoms with Crippen molar-refractivity contribution >= 4 is 40.1 Å². The van der Waals surface area contributed by atoms with Crippen LogP contribution in [0.4, 0.5) is 5.13 Å². The largest absolute Gasteiger partial charge is 0.481 e. The van der Waals surface area contributed by atoms with Crippen molar-refractivity contribution in [2.75, 3.05) is 11.1 Å². The number of amides is 1. The number of aliphatic carboxylic acids is 1. The van der Waals surface area contributed by atoms with Crippen molar-refractivity contribution < 1.29 is 14.7 Å². The molecule has 0 atom stereocenters. The zero-order chi connectivity index (χ0) is 12.7. The van der Waals surface area contributed by atoms with Crippen molar-refractivity contribution in [3.05, 3.63) is 0 Å². The molecule has 0 aliphatic rings. The number of rotatable bonds is 6. The van der Waals surface area contributed by atoms with E-state index in [4.69, 9.17) is 11.5 Å². The van der Waals surface area contributed by atoms with E-state index in [1.807, 2.05) is 0 Å². The van der Waals surface area contributed by atoms with Crippen LogP contribution >= 0.6 is 23.1 Å². The van der Waals surface area contributed by atoms with E-state index < -0.39 is 5.97 Å². The van der Waals surface area contributed by atoms with E-state index in [1.165, 1.54) is 0 Å². The van der Waals surface area contributed by atoms with E-state index in [0.29, 0.717) is 15.9 Å². The fourth-order valence-corrected chi connectivity index (χ4v) is 2.30. The van der Waals surface area contributed by atoms with Crippen molar-refractivity contribution in [2.24, 2.45) is 0 Å². The third-order valence-electron chi connectivity index (χ3n) is 1.47. The molecule has 0 aliphatic carbocycles. The highest BCUT2D eigenvalue weighted by Crippen LogP contribution is 2.25. The van der Waals surface area contributed by atoms with Gasteiger partial charge in [0.25, 0.3) is 0 Å². The number of carboxylic acid groups (broad SMARTS) is 1. The van der Waals surface area contributed by atoms with Gasteiger partial charge >= 0.3 is 5.97 Å². The lowest BCUT2D eigenvalue weighted by molar-refractivity contribution is -0.133. The minimum atomic E-state index is -0.926. The Morgan fingerprint density at radius 2 is 2.29 bits per heavy atom. The van der Waals surface area contributed by atoms with E-state index in [2.05, 4.69) is 21.4 Å². The van der Waals surface area contributed by atoms with Gasteiger partial charge in [0, 0.05) is 12.8 Å².